The second kappa shape index (κ2) is 6.23. The number of anilines is 2. The van der Waals surface area contributed by atoms with Crippen LogP contribution in [0.5, 0.6) is 11.5 Å². The zero-order valence-corrected chi connectivity index (χ0v) is 13.5. The van der Waals surface area contributed by atoms with E-state index in [1.807, 2.05) is 26.0 Å². The Morgan fingerprint density at radius 3 is 2.67 bits per heavy atom. The molecule has 1 aliphatic heterocycles. The number of carbonyl (C=O) groups is 2. The minimum atomic E-state index is -0.404. The Morgan fingerprint density at radius 2 is 1.92 bits per heavy atom. The number of phenols is 1. The Labute approximate surface area is 139 Å². The normalized spacial score (nSPS) is 13.2. The molecule has 0 fully saturated rings. The molecule has 2 aromatic carbocycles. The van der Waals surface area contributed by atoms with Gasteiger partial charge in [-0.2, -0.15) is 0 Å². The van der Waals surface area contributed by atoms with Gasteiger partial charge in [0.2, 0.25) is 5.91 Å². The lowest BCUT2D eigenvalue weighted by atomic mass is 10.1. The van der Waals surface area contributed by atoms with Gasteiger partial charge in [-0.1, -0.05) is 12.1 Å². The van der Waals surface area contributed by atoms with Crippen molar-refractivity contribution < 1.29 is 19.4 Å². The fourth-order valence-electron chi connectivity index (χ4n) is 2.61. The lowest BCUT2D eigenvalue weighted by Crippen LogP contribution is -2.41. The molecule has 3 rings (SSSR count). The van der Waals surface area contributed by atoms with Crippen LogP contribution in [0.3, 0.4) is 0 Å². The average Bonchev–Trinajstić information content (AvgIpc) is 2.49. The molecule has 0 aliphatic carbocycles. The first-order valence-electron chi connectivity index (χ1n) is 7.58. The highest BCUT2D eigenvalue weighted by atomic mass is 16.5. The van der Waals surface area contributed by atoms with Crippen LogP contribution in [0, 0.1) is 13.8 Å². The first-order valence-corrected chi connectivity index (χ1v) is 7.58. The zero-order valence-electron chi connectivity index (χ0n) is 13.5. The number of rotatable bonds is 3. The highest BCUT2D eigenvalue weighted by molar-refractivity contribution is 5.97. The zero-order chi connectivity index (χ0) is 17.3. The number of nitrogens with one attached hydrogen (secondary N) is 1. The van der Waals surface area contributed by atoms with Crippen LogP contribution < -0.4 is 15.0 Å². The van der Waals surface area contributed by atoms with Crippen LogP contribution in [0.1, 0.15) is 11.1 Å². The van der Waals surface area contributed by atoms with Crippen LogP contribution in [0.4, 0.5) is 11.4 Å². The molecule has 0 bridgehead atoms. The molecule has 0 radical (unpaired) electrons. The van der Waals surface area contributed by atoms with Crippen molar-refractivity contribution in [2.24, 2.45) is 0 Å². The van der Waals surface area contributed by atoms with Crippen molar-refractivity contribution in [2.45, 2.75) is 13.8 Å². The van der Waals surface area contributed by atoms with E-state index in [9.17, 15) is 14.7 Å². The van der Waals surface area contributed by atoms with Crippen molar-refractivity contribution in [3.8, 4) is 11.5 Å². The number of nitrogens with zero attached hydrogens (tertiary/aromatic N) is 1. The summed E-state index contributed by atoms with van der Waals surface area (Å²) in [5.74, 6) is -0.260. The number of phenolic OH excluding ortho intramolecular Hbond substituents is 1. The van der Waals surface area contributed by atoms with Crippen LogP contribution >= 0.6 is 0 Å². The van der Waals surface area contributed by atoms with Crippen LogP contribution in [-0.2, 0) is 9.59 Å². The van der Waals surface area contributed by atoms with Crippen molar-refractivity contribution >= 4 is 23.3 Å². The number of benzene rings is 2. The molecule has 6 heteroatoms. The molecule has 1 heterocycles. The summed E-state index contributed by atoms with van der Waals surface area (Å²) in [5, 5.41) is 12.5. The molecule has 1 aliphatic rings. The van der Waals surface area contributed by atoms with Gasteiger partial charge in [-0.05, 0) is 49.2 Å². The second-order valence-electron chi connectivity index (χ2n) is 5.87. The monoisotopic (exact) mass is 326 g/mol. The molecule has 124 valence electrons. The Bertz CT molecular complexity index is 817. The number of fused-ring (bicyclic) bond motifs is 1. The minimum absolute atomic E-state index is 0.00333. The standard InChI is InChI=1S/C18H18N2O4/c1-11-3-5-13(15(21)7-11)19-17(22)9-20-10-18(23)24-16-8-12(2)4-6-14(16)20/h3-8,21H,9-10H2,1-2H3,(H,19,22). The Morgan fingerprint density at radius 1 is 1.21 bits per heavy atom. The van der Waals surface area contributed by atoms with Gasteiger partial charge in [0.05, 0.1) is 17.9 Å². The number of aromatic hydroxyl groups is 1. The summed E-state index contributed by atoms with van der Waals surface area (Å²) in [5.41, 5.74) is 2.91. The van der Waals surface area contributed by atoms with E-state index in [1.165, 1.54) is 0 Å². The number of aryl methyl sites for hydroxylation is 2. The summed E-state index contributed by atoms with van der Waals surface area (Å²) in [4.78, 5) is 25.7. The van der Waals surface area contributed by atoms with E-state index < -0.39 is 5.97 Å². The van der Waals surface area contributed by atoms with Gasteiger partial charge in [0.15, 0.2) is 5.75 Å². The van der Waals surface area contributed by atoms with E-state index in [2.05, 4.69) is 5.32 Å². The van der Waals surface area contributed by atoms with Crippen LogP contribution in [0.25, 0.3) is 0 Å². The summed E-state index contributed by atoms with van der Waals surface area (Å²) < 4.78 is 5.22. The van der Waals surface area contributed by atoms with E-state index in [-0.39, 0.29) is 24.7 Å². The Kier molecular flexibility index (Phi) is 4.12. The topological polar surface area (TPSA) is 78.9 Å². The number of hydrogen-bond donors (Lipinski definition) is 2. The van der Waals surface area contributed by atoms with Crippen LogP contribution in [0.2, 0.25) is 0 Å². The van der Waals surface area contributed by atoms with E-state index >= 15 is 0 Å². The third-order valence-corrected chi connectivity index (χ3v) is 3.76. The molecule has 0 saturated carbocycles. The Hall–Kier alpha value is -3.02. The molecule has 0 unspecified atom stereocenters. The number of hydrogen-bond acceptors (Lipinski definition) is 5. The van der Waals surface area contributed by atoms with Gasteiger partial charge in [-0.15, -0.1) is 0 Å². The maximum Gasteiger partial charge on any atom is 0.331 e. The van der Waals surface area contributed by atoms with Crippen molar-refractivity contribution in [2.75, 3.05) is 23.3 Å². The van der Waals surface area contributed by atoms with Gasteiger partial charge in [0.1, 0.15) is 12.3 Å². The number of amides is 1. The summed E-state index contributed by atoms with van der Waals surface area (Å²) in [6, 6.07) is 10.5. The SMILES string of the molecule is Cc1ccc(NC(=O)CN2CC(=O)Oc3cc(C)ccc32)c(O)c1. The fraction of sp³-hybridized carbons (Fsp3) is 0.222. The van der Waals surface area contributed by atoms with Gasteiger partial charge < -0.3 is 20.1 Å². The highest BCUT2D eigenvalue weighted by Gasteiger charge is 2.25. The predicted molar refractivity (Wildman–Crippen MR) is 90.5 cm³/mol. The fourth-order valence-corrected chi connectivity index (χ4v) is 2.61. The van der Waals surface area contributed by atoms with Gasteiger partial charge in [0, 0.05) is 0 Å². The number of esters is 1. The predicted octanol–water partition coefficient (Wildman–Crippen LogP) is 2.37. The number of ether oxygens (including phenoxy) is 1. The highest BCUT2D eigenvalue weighted by Crippen LogP contribution is 2.32. The van der Waals surface area contributed by atoms with E-state index in [0.717, 1.165) is 11.1 Å². The lowest BCUT2D eigenvalue weighted by Gasteiger charge is -2.29. The van der Waals surface area contributed by atoms with E-state index in [4.69, 9.17) is 4.74 Å². The number of carbonyl (C=O) groups excluding carboxylic acids is 2. The van der Waals surface area contributed by atoms with Gasteiger partial charge in [-0.25, -0.2) is 4.79 Å². The maximum atomic E-state index is 12.3. The van der Waals surface area contributed by atoms with E-state index in [1.54, 1.807) is 29.2 Å². The molecule has 0 atom stereocenters. The Balaban J connectivity index is 1.76. The molecule has 1 amide bonds. The van der Waals surface area contributed by atoms with Gasteiger partial charge in [-0.3, -0.25) is 4.79 Å². The summed E-state index contributed by atoms with van der Waals surface area (Å²) in [6.07, 6.45) is 0. The van der Waals surface area contributed by atoms with Crippen molar-refractivity contribution in [1.82, 2.24) is 0 Å². The lowest BCUT2D eigenvalue weighted by molar-refractivity contribution is -0.133. The molecule has 0 aromatic heterocycles. The first-order chi connectivity index (χ1) is 11.4. The van der Waals surface area contributed by atoms with Gasteiger partial charge in [0.25, 0.3) is 0 Å². The molecular formula is C18H18N2O4. The van der Waals surface area contributed by atoms with Crippen molar-refractivity contribution in [1.29, 1.82) is 0 Å². The molecule has 24 heavy (non-hydrogen) atoms. The van der Waals surface area contributed by atoms with Crippen molar-refractivity contribution in [3.05, 3.63) is 47.5 Å². The average molecular weight is 326 g/mol. The maximum absolute atomic E-state index is 12.3. The summed E-state index contributed by atoms with van der Waals surface area (Å²) >= 11 is 0. The molecule has 6 nitrogen and oxygen atoms in total. The van der Waals surface area contributed by atoms with Crippen molar-refractivity contribution in [3.63, 3.8) is 0 Å². The minimum Gasteiger partial charge on any atom is -0.506 e. The summed E-state index contributed by atoms with van der Waals surface area (Å²) in [7, 11) is 0. The molecule has 2 N–H and O–H groups in total. The second-order valence-corrected chi connectivity index (χ2v) is 5.87. The molecule has 0 saturated heterocycles. The third kappa shape index (κ3) is 3.32. The quantitative estimate of drug-likeness (QED) is 0.514. The van der Waals surface area contributed by atoms with Gasteiger partial charge >= 0.3 is 5.97 Å². The molecule has 0 spiro atoms. The third-order valence-electron chi connectivity index (χ3n) is 3.76. The molecular weight excluding hydrogens is 308 g/mol. The van der Waals surface area contributed by atoms with Crippen LogP contribution in [0.15, 0.2) is 36.4 Å². The van der Waals surface area contributed by atoms with Crippen LogP contribution in [-0.4, -0.2) is 30.1 Å². The molecule has 2 aromatic rings. The summed E-state index contributed by atoms with van der Waals surface area (Å²) in [6.45, 7) is 3.74. The first kappa shape index (κ1) is 15.9. The largest absolute Gasteiger partial charge is 0.506 e. The van der Waals surface area contributed by atoms with E-state index in [0.29, 0.717) is 17.1 Å². The smallest absolute Gasteiger partial charge is 0.331 e.